The SMILES string of the molecule is CCOC(=O)CC(C)(C)CCc1cc(C)c(C)s1. The minimum atomic E-state index is -0.0824. The molecule has 0 aliphatic rings. The first kappa shape index (κ1) is 15.2. The van der Waals surface area contributed by atoms with Gasteiger partial charge >= 0.3 is 5.97 Å². The minimum Gasteiger partial charge on any atom is -0.466 e. The lowest BCUT2D eigenvalue weighted by molar-refractivity contribution is -0.145. The molecule has 1 aromatic rings. The van der Waals surface area contributed by atoms with E-state index in [9.17, 15) is 4.79 Å². The summed E-state index contributed by atoms with van der Waals surface area (Å²) in [5, 5.41) is 0. The Kier molecular flexibility index (Phi) is 5.39. The van der Waals surface area contributed by atoms with E-state index in [4.69, 9.17) is 4.74 Å². The number of hydrogen-bond donors (Lipinski definition) is 0. The maximum atomic E-state index is 11.5. The molecule has 0 unspecified atom stereocenters. The number of hydrogen-bond acceptors (Lipinski definition) is 3. The van der Waals surface area contributed by atoms with Gasteiger partial charge in [0.1, 0.15) is 0 Å². The third kappa shape index (κ3) is 4.81. The van der Waals surface area contributed by atoms with Crippen molar-refractivity contribution in [2.45, 2.75) is 53.9 Å². The van der Waals surface area contributed by atoms with Crippen LogP contribution in [-0.4, -0.2) is 12.6 Å². The number of rotatable bonds is 6. The van der Waals surface area contributed by atoms with Gasteiger partial charge in [0, 0.05) is 9.75 Å². The first-order valence-electron chi connectivity index (χ1n) is 6.55. The van der Waals surface area contributed by atoms with Crippen molar-refractivity contribution in [3.05, 3.63) is 21.4 Å². The highest BCUT2D eigenvalue weighted by Gasteiger charge is 2.23. The largest absolute Gasteiger partial charge is 0.466 e. The lowest BCUT2D eigenvalue weighted by Crippen LogP contribution is -2.19. The molecule has 18 heavy (non-hydrogen) atoms. The fraction of sp³-hybridized carbons (Fsp3) is 0.667. The van der Waals surface area contributed by atoms with E-state index >= 15 is 0 Å². The smallest absolute Gasteiger partial charge is 0.306 e. The van der Waals surface area contributed by atoms with Crippen molar-refractivity contribution >= 4 is 17.3 Å². The Balaban J connectivity index is 2.48. The monoisotopic (exact) mass is 268 g/mol. The van der Waals surface area contributed by atoms with Crippen molar-refractivity contribution in [2.75, 3.05) is 6.61 Å². The fourth-order valence-electron chi connectivity index (χ4n) is 1.93. The number of carbonyl (C=O) groups is 1. The molecule has 0 radical (unpaired) electrons. The van der Waals surface area contributed by atoms with E-state index in [1.165, 1.54) is 15.3 Å². The van der Waals surface area contributed by atoms with Crippen LogP contribution in [0.15, 0.2) is 6.07 Å². The molecule has 0 N–H and O–H groups in total. The highest BCUT2D eigenvalue weighted by molar-refractivity contribution is 7.12. The molecule has 0 atom stereocenters. The van der Waals surface area contributed by atoms with Gasteiger partial charge in [-0.15, -0.1) is 11.3 Å². The van der Waals surface area contributed by atoms with Crippen molar-refractivity contribution in [2.24, 2.45) is 5.41 Å². The average Bonchev–Trinajstić information content (AvgIpc) is 2.55. The lowest BCUT2D eigenvalue weighted by atomic mass is 9.84. The third-order valence-electron chi connectivity index (χ3n) is 3.19. The summed E-state index contributed by atoms with van der Waals surface area (Å²) in [6, 6.07) is 2.26. The van der Waals surface area contributed by atoms with E-state index in [1.807, 2.05) is 18.3 Å². The molecule has 0 aliphatic heterocycles. The topological polar surface area (TPSA) is 26.3 Å². The molecule has 0 spiro atoms. The van der Waals surface area contributed by atoms with Gasteiger partial charge in [-0.2, -0.15) is 0 Å². The van der Waals surface area contributed by atoms with E-state index in [2.05, 4.69) is 33.8 Å². The summed E-state index contributed by atoms with van der Waals surface area (Å²) in [7, 11) is 0. The van der Waals surface area contributed by atoms with E-state index < -0.39 is 0 Å². The molecule has 3 heteroatoms. The normalized spacial score (nSPS) is 11.6. The first-order valence-corrected chi connectivity index (χ1v) is 7.37. The second-order valence-corrected chi connectivity index (χ2v) is 6.94. The standard InChI is InChI=1S/C15H24O2S/c1-6-17-14(16)10-15(4,5)8-7-13-9-11(2)12(3)18-13/h9H,6-8,10H2,1-5H3. The van der Waals surface area contributed by atoms with Gasteiger partial charge < -0.3 is 4.74 Å². The summed E-state index contributed by atoms with van der Waals surface area (Å²) < 4.78 is 5.02. The first-order chi connectivity index (χ1) is 8.34. The Labute approximate surface area is 114 Å². The van der Waals surface area contributed by atoms with Crippen LogP contribution in [0.25, 0.3) is 0 Å². The molecule has 0 saturated carbocycles. The number of aryl methyl sites for hydroxylation is 3. The van der Waals surface area contributed by atoms with Crippen LogP contribution in [0.4, 0.5) is 0 Å². The van der Waals surface area contributed by atoms with Crippen LogP contribution >= 0.6 is 11.3 Å². The Morgan fingerprint density at radius 1 is 1.39 bits per heavy atom. The van der Waals surface area contributed by atoms with Crippen molar-refractivity contribution in [1.29, 1.82) is 0 Å². The Bertz CT molecular complexity index is 385. The molecule has 1 aromatic heterocycles. The van der Waals surface area contributed by atoms with E-state index in [-0.39, 0.29) is 11.4 Å². The zero-order chi connectivity index (χ0) is 13.8. The highest BCUT2D eigenvalue weighted by atomic mass is 32.1. The van der Waals surface area contributed by atoms with Gasteiger partial charge in [0.05, 0.1) is 13.0 Å². The average molecular weight is 268 g/mol. The molecule has 102 valence electrons. The van der Waals surface area contributed by atoms with Crippen LogP contribution < -0.4 is 0 Å². The number of esters is 1. The zero-order valence-corrected chi connectivity index (χ0v) is 12.9. The number of thiophene rings is 1. The quantitative estimate of drug-likeness (QED) is 0.720. The summed E-state index contributed by atoms with van der Waals surface area (Å²) in [6.07, 6.45) is 2.57. The van der Waals surface area contributed by atoms with Crippen LogP contribution in [0.2, 0.25) is 0 Å². The zero-order valence-electron chi connectivity index (χ0n) is 12.1. The predicted molar refractivity (Wildman–Crippen MR) is 77.1 cm³/mol. The molecular formula is C15H24O2S. The molecule has 0 aromatic carbocycles. The van der Waals surface area contributed by atoms with Gasteiger partial charge in [0.2, 0.25) is 0 Å². The van der Waals surface area contributed by atoms with Crippen molar-refractivity contribution in [3.8, 4) is 0 Å². The van der Waals surface area contributed by atoms with Gasteiger partial charge in [-0.05, 0) is 50.7 Å². The van der Waals surface area contributed by atoms with E-state index in [0.29, 0.717) is 13.0 Å². The summed E-state index contributed by atoms with van der Waals surface area (Å²) in [5.74, 6) is -0.0824. The molecular weight excluding hydrogens is 244 g/mol. The van der Waals surface area contributed by atoms with Crippen LogP contribution in [0, 0.1) is 19.3 Å². The molecule has 0 amide bonds. The van der Waals surface area contributed by atoms with Crippen LogP contribution in [0.1, 0.15) is 48.9 Å². The highest BCUT2D eigenvalue weighted by Crippen LogP contribution is 2.30. The maximum absolute atomic E-state index is 11.5. The van der Waals surface area contributed by atoms with Crippen LogP contribution in [0.5, 0.6) is 0 Å². The molecule has 0 fully saturated rings. The van der Waals surface area contributed by atoms with E-state index in [1.54, 1.807) is 0 Å². The van der Waals surface area contributed by atoms with Gasteiger partial charge in [0.15, 0.2) is 0 Å². The van der Waals surface area contributed by atoms with Crippen LogP contribution in [0.3, 0.4) is 0 Å². The Morgan fingerprint density at radius 2 is 2.06 bits per heavy atom. The van der Waals surface area contributed by atoms with Gasteiger partial charge in [-0.25, -0.2) is 0 Å². The fourth-order valence-corrected chi connectivity index (χ4v) is 2.98. The van der Waals surface area contributed by atoms with Crippen molar-refractivity contribution < 1.29 is 9.53 Å². The maximum Gasteiger partial charge on any atom is 0.306 e. The summed E-state index contributed by atoms with van der Waals surface area (Å²) in [4.78, 5) is 14.3. The number of ether oxygens (including phenoxy) is 1. The van der Waals surface area contributed by atoms with Gasteiger partial charge in [-0.3, -0.25) is 4.79 Å². The predicted octanol–water partition coefficient (Wildman–Crippen LogP) is 4.28. The molecule has 0 aliphatic carbocycles. The Hall–Kier alpha value is -0.830. The second kappa shape index (κ2) is 6.37. The molecule has 1 heterocycles. The minimum absolute atomic E-state index is 0.0120. The summed E-state index contributed by atoms with van der Waals surface area (Å²) in [5.41, 5.74) is 1.39. The third-order valence-corrected chi connectivity index (χ3v) is 4.41. The Morgan fingerprint density at radius 3 is 2.56 bits per heavy atom. The van der Waals surface area contributed by atoms with Crippen LogP contribution in [-0.2, 0) is 16.0 Å². The van der Waals surface area contributed by atoms with Gasteiger partial charge in [-0.1, -0.05) is 13.8 Å². The molecule has 2 nitrogen and oxygen atoms in total. The summed E-state index contributed by atoms with van der Waals surface area (Å²) >= 11 is 1.87. The van der Waals surface area contributed by atoms with Crippen molar-refractivity contribution in [1.82, 2.24) is 0 Å². The number of carbonyl (C=O) groups excluding carboxylic acids is 1. The molecule has 0 bridgehead atoms. The van der Waals surface area contributed by atoms with Crippen molar-refractivity contribution in [3.63, 3.8) is 0 Å². The summed E-state index contributed by atoms with van der Waals surface area (Å²) in [6.45, 7) is 10.9. The molecule has 0 saturated heterocycles. The van der Waals surface area contributed by atoms with E-state index in [0.717, 1.165) is 12.8 Å². The van der Waals surface area contributed by atoms with Gasteiger partial charge in [0.25, 0.3) is 0 Å². The lowest BCUT2D eigenvalue weighted by Gasteiger charge is -2.22. The second-order valence-electron chi connectivity index (χ2n) is 5.60. The molecule has 1 rings (SSSR count).